The van der Waals surface area contributed by atoms with Gasteiger partial charge in [0, 0.05) is 6.92 Å². The van der Waals surface area contributed by atoms with Gasteiger partial charge in [-0.25, -0.2) is 0 Å². The molecule has 19 heavy (non-hydrogen) atoms. The summed E-state index contributed by atoms with van der Waals surface area (Å²) in [5.41, 5.74) is 5.34. The molecule has 0 aliphatic carbocycles. The first-order chi connectivity index (χ1) is 9.01. The van der Waals surface area contributed by atoms with Gasteiger partial charge in [-0.3, -0.25) is 4.79 Å². The van der Waals surface area contributed by atoms with Crippen LogP contribution in [0.5, 0.6) is 0 Å². The largest absolute Gasteiger partial charge is 0.394 e. The van der Waals surface area contributed by atoms with Crippen LogP contribution in [0.3, 0.4) is 0 Å². The molecule has 0 aromatic rings. The average Bonchev–Trinajstić information content (AvgIpc) is 2.37. The molecule has 1 aliphatic rings. The lowest BCUT2D eigenvalue weighted by atomic mass is 9.97. The van der Waals surface area contributed by atoms with Gasteiger partial charge in [0.25, 0.3) is 0 Å². The third-order valence-electron chi connectivity index (χ3n) is 2.88. The third-order valence-corrected chi connectivity index (χ3v) is 2.88. The van der Waals surface area contributed by atoms with E-state index in [1.165, 1.54) is 6.92 Å². The molecule has 0 radical (unpaired) electrons. The van der Waals surface area contributed by atoms with Gasteiger partial charge in [-0.1, -0.05) is 0 Å². The van der Waals surface area contributed by atoms with E-state index in [0.717, 1.165) is 0 Å². The quantitative estimate of drug-likeness (QED) is 0.334. The monoisotopic (exact) mass is 278 g/mol. The van der Waals surface area contributed by atoms with E-state index >= 15 is 0 Å². The molecule has 0 aromatic carbocycles. The van der Waals surface area contributed by atoms with E-state index < -0.39 is 37.3 Å². The maximum Gasteiger partial charge on any atom is 0.217 e. The zero-order valence-corrected chi connectivity index (χ0v) is 10.9. The molecule has 0 bridgehead atoms. The van der Waals surface area contributed by atoms with E-state index in [0.29, 0.717) is 13.0 Å². The molecule has 1 rings (SSSR count). The van der Waals surface area contributed by atoms with Crippen molar-refractivity contribution in [2.75, 3.05) is 19.8 Å². The second kappa shape index (κ2) is 7.73. The van der Waals surface area contributed by atoms with Gasteiger partial charge < -0.3 is 35.8 Å². The normalized spacial score (nSPS) is 35.1. The van der Waals surface area contributed by atoms with Crippen molar-refractivity contribution in [3.8, 4) is 0 Å². The summed E-state index contributed by atoms with van der Waals surface area (Å²) in [5, 5.41) is 31.3. The summed E-state index contributed by atoms with van der Waals surface area (Å²) in [6.07, 6.45) is -3.88. The zero-order valence-electron chi connectivity index (χ0n) is 10.9. The van der Waals surface area contributed by atoms with Crippen LogP contribution in [0, 0.1) is 0 Å². The van der Waals surface area contributed by atoms with Crippen LogP contribution < -0.4 is 11.1 Å². The first-order valence-corrected chi connectivity index (χ1v) is 6.22. The van der Waals surface area contributed by atoms with Crippen LogP contribution in [0.1, 0.15) is 13.3 Å². The number of hydrogen-bond acceptors (Lipinski definition) is 7. The highest BCUT2D eigenvalue weighted by atomic mass is 16.7. The Labute approximate surface area is 111 Å². The minimum atomic E-state index is -1.30. The Kier molecular flexibility index (Phi) is 6.63. The highest BCUT2D eigenvalue weighted by Crippen LogP contribution is 2.22. The van der Waals surface area contributed by atoms with Crippen LogP contribution in [-0.2, 0) is 14.3 Å². The molecule has 1 heterocycles. The SMILES string of the molecule is CC(=O)N[C@@H]1[C@@H](OCCCN)O[C@H](CO)[C@@H](O)[C@@H]1O. The molecule has 8 nitrogen and oxygen atoms in total. The van der Waals surface area contributed by atoms with E-state index in [1.807, 2.05) is 0 Å². The molecule has 6 N–H and O–H groups in total. The van der Waals surface area contributed by atoms with E-state index in [-0.39, 0.29) is 12.5 Å². The van der Waals surface area contributed by atoms with Crippen molar-refractivity contribution in [1.29, 1.82) is 0 Å². The van der Waals surface area contributed by atoms with Crippen LogP contribution in [0.2, 0.25) is 0 Å². The predicted octanol–water partition coefficient (Wildman–Crippen LogP) is -2.70. The summed E-state index contributed by atoms with van der Waals surface area (Å²) in [6.45, 7) is 1.56. The summed E-state index contributed by atoms with van der Waals surface area (Å²) >= 11 is 0. The van der Waals surface area contributed by atoms with E-state index in [9.17, 15) is 15.0 Å². The van der Waals surface area contributed by atoms with Gasteiger partial charge >= 0.3 is 0 Å². The van der Waals surface area contributed by atoms with E-state index in [2.05, 4.69) is 5.32 Å². The van der Waals surface area contributed by atoms with Gasteiger partial charge in [-0.2, -0.15) is 0 Å². The van der Waals surface area contributed by atoms with Crippen molar-refractivity contribution in [2.45, 2.75) is 44.0 Å². The topological polar surface area (TPSA) is 134 Å². The van der Waals surface area contributed by atoms with Crippen LogP contribution in [-0.4, -0.2) is 71.6 Å². The molecule has 0 aromatic heterocycles. The van der Waals surface area contributed by atoms with E-state index in [1.54, 1.807) is 0 Å². The number of carbonyl (C=O) groups excluding carboxylic acids is 1. The number of amides is 1. The number of aliphatic hydroxyl groups excluding tert-OH is 3. The summed E-state index contributed by atoms with van der Waals surface area (Å²) in [7, 11) is 0. The number of rotatable bonds is 6. The van der Waals surface area contributed by atoms with Crippen molar-refractivity contribution < 1.29 is 29.6 Å². The molecule has 5 atom stereocenters. The lowest BCUT2D eigenvalue weighted by Crippen LogP contribution is -2.64. The van der Waals surface area contributed by atoms with Crippen LogP contribution in [0.4, 0.5) is 0 Å². The fraction of sp³-hybridized carbons (Fsp3) is 0.909. The minimum Gasteiger partial charge on any atom is -0.394 e. The second-order valence-electron chi connectivity index (χ2n) is 4.45. The number of carbonyl (C=O) groups is 1. The first kappa shape index (κ1) is 16.3. The number of nitrogens with one attached hydrogen (secondary N) is 1. The molecule has 0 unspecified atom stereocenters. The Morgan fingerprint density at radius 3 is 2.63 bits per heavy atom. The lowest BCUT2D eigenvalue weighted by molar-refractivity contribution is -0.270. The maximum absolute atomic E-state index is 11.1. The van der Waals surface area contributed by atoms with Gasteiger partial charge in [-0.15, -0.1) is 0 Å². The fourth-order valence-electron chi connectivity index (χ4n) is 1.90. The summed E-state index contributed by atoms with van der Waals surface area (Å²) in [5.74, 6) is -0.380. The molecule has 0 saturated carbocycles. The van der Waals surface area contributed by atoms with Crippen molar-refractivity contribution in [3.63, 3.8) is 0 Å². The number of ether oxygens (including phenoxy) is 2. The number of hydrogen-bond donors (Lipinski definition) is 5. The number of aliphatic hydroxyl groups is 3. The minimum absolute atomic E-state index is 0.290. The Bertz CT molecular complexity index is 290. The summed E-state index contributed by atoms with van der Waals surface area (Å²) < 4.78 is 10.7. The standard InChI is InChI=1S/C11H22N2O6/c1-6(15)13-8-10(17)9(16)7(5-14)19-11(8)18-4-2-3-12/h7-11,14,16-17H,2-5,12H2,1H3,(H,13,15)/t7-,8+,9-,10-,11+/m1/s1. The second-order valence-corrected chi connectivity index (χ2v) is 4.45. The molecule has 1 saturated heterocycles. The number of nitrogens with two attached hydrogens (primary N) is 1. The van der Waals surface area contributed by atoms with Crippen molar-refractivity contribution in [3.05, 3.63) is 0 Å². The zero-order chi connectivity index (χ0) is 14.4. The van der Waals surface area contributed by atoms with E-state index in [4.69, 9.17) is 20.3 Å². The van der Waals surface area contributed by atoms with Gasteiger partial charge in [0.15, 0.2) is 6.29 Å². The molecule has 112 valence electrons. The predicted molar refractivity (Wildman–Crippen MR) is 65.0 cm³/mol. The first-order valence-electron chi connectivity index (χ1n) is 6.22. The van der Waals surface area contributed by atoms with Crippen molar-refractivity contribution >= 4 is 5.91 Å². The van der Waals surface area contributed by atoms with Gasteiger partial charge in [0.05, 0.1) is 13.2 Å². The Morgan fingerprint density at radius 1 is 1.42 bits per heavy atom. The third kappa shape index (κ3) is 4.37. The highest BCUT2D eigenvalue weighted by molar-refractivity contribution is 5.73. The average molecular weight is 278 g/mol. The van der Waals surface area contributed by atoms with Crippen molar-refractivity contribution in [1.82, 2.24) is 5.32 Å². The molecule has 0 spiro atoms. The Balaban J connectivity index is 2.71. The Hall–Kier alpha value is -0.770. The van der Waals surface area contributed by atoms with Gasteiger partial charge in [0.2, 0.25) is 5.91 Å². The molecule has 8 heteroatoms. The van der Waals surface area contributed by atoms with Crippen LogP contribution >= 0.6 is 0 Å². The maximum atomic E-state index is 11.1. The molecule has 1 fully saturated rings. The smallest absolute Gasteiger partial charge is 0.217 e. The van der Waals surface area contributed by atoms with Crippen LogP contribution in [0.15, 0.2) is 0 Å². The van der Waals surface area contributed by atoms with Crippen LogP contribution in [0.25, 0.3) is 0 Å². The molecular formula is C11H22N2O6. The summed E-state index contributed by atoms with van der Waals surface area (Å²) in [4.78, 5) is 11.1. The van der Waals surface area contributed by atoms with Gasteiger partial charge in [0.1, 0.15) is 24.4 Å². The molecular weight excluding hydrogens is 256 g/mol. The molecule has 1 aliphatic heterocycles. The fourth-order valence-corrected chi connectivity index (χ4v) is 1.90. The lowest BCUT2D eigenvalue weighted by Gasteiger charge is -2.42. The summed E-state index contributed by atoms with van der Waals surface area (Å²) in [6, 6.07) is -0.895. The van der Waals surface area contributed by atoms with Crippen molar-refractivity contribution in [2.24, 2.45) is 5.73 Å². The van der Waals surface area contributed by atoms with Gasteiger partial charge in [-0.05, 0) is 13.0 Å². The highest BCUT2D eigenvalue weighted by Gasteiger charge is 2.45. The molecule has 1 amide bonds. The Morgan fingerprint density at radius 2 is 2.11 bits per heavy atom.